The zero-order valence-corrected chi connectivity index (χ0v) is 7.90. The van der Waals surface area contributed by atoms with Gasteiger partial charge in [-0.15, -0.1) is 5.10 Å². The van der Waals surface area contributed by atoms with Crippen LogP contribution < -0.4 is 4.74 Å². The van der Waals surface area contributed by atoms with E-state index in [9.17, 15) is 0 Å². The summed E-state index contributed by atoms with van der Waals surface area (Å²) in [6, 6.07) is 3.80. The highest BCUT2D eigenvalue weighted by atomic mass is 16.5. The molecule has 2 aromatic rings. The van der Waals surface area contributed by atoms with Crippen molar-refractivity contribution < 1.29 is 4.74 Å². The van der Waals surface area contributed by atoms with Crippen molar-refractivity contribution in [2.24, 2.45) is 0 Å². The van der Waals surface area contributed by atoms with Crippen LogP contribution in [-0.4, -0.2) is 21.7 Å². The first-order chi connectivity index (χ1) is 6.20. The Balaban J connectivity index is 2.75. The number of nitrogens with zero attached hydrogens (tertiary/aromatic N) is 3. The molecule has 2 aromatic heterocycles. The van der Waals surface area contributed by atoms with Gasteiger partial charge in [-0.1, -0.05) is 0 Å². The summed E-state index contributed by atoms with van der Waals surface area (Å²) in [4.78, 5) is 4.33. The summed E-state index contributed by atoms with van der Waals surface area (Å²) in [5.74, 6) is 0.598. The summed E-state index contributed by atoms with van der Waals surface area (Å²) >= 11 is 0. The van der Waals surface area contributed by atoms with Crippen LogP contribution in [0.5, 0.6) is 5.88 Å². The van der Waals surface area contributed by atoms with Crippen LogP contribution in [0.2, 0.25) is 0 Å². The van der Waals surface area contributed by atoms with E-state index in [1.165, 1.54) is 0 Å². The molecule has 0 saturated carbocycles. The molecule has 0 aromatic carbocycles. The van der Waals surface area contributed by atoms with Crippen molar-refractivity contribution in [2.45, 2.75) is 13.8 Å². The van der Waals surface area contributed by atoms with Crippen LogP contribution in [-0.2, 0) is 0 Å². The lowest BCUT2D eigenvalue weighted by Gasteiger charge is -1.98. The molecule has 0 amide bonds. The first kappa shape index (κ1) is 8.04. The fraction of sp³-hybridized carbons (Fsp3) is 0.333. The predicted octanol–water partition coefficient (Wildman–Crippen LogP) is 1.35. The maximum atomic E-state index is 5.02. The maximum absolute atomic E-state index is 5.02. The predicted molar refractivity (Wildman–Crippen MR) is 49.0 cm³/mol. The lowest BCUT2D eigenvalue weighted by Crippen LogP contribution is -1.96. The van der Waals surface area contributed by atoms with Crippen molar-refractivity contribution >= 4 is 5.65 Å². The number of fused-ring (bicyclic) bond motifs is 1. The fourth-order valence-corrected chi connectivity index (χ4v) is 1.37. The molecule has 68 valence electrons. The molecule has 0 saturated heterocycles. The number of methoxy groups -OCH3 is 1. The average molecular weight is 177 g/mol. The quantitative estimate of drug-likeness (QED) is 0.660. The first-order valence-corrected chi connectivity index (χ1v) is 4.09. The molecule has 0 unspecified atom stereocenters. The lowest BCUT2D eigenvalue weighted by atomic mass is 10.3. The van der Waals surface area contributed by atoms with E-state index in [1.807, 2.05) is 26.0 Å². The Kier molecular flexibility index (Phi) is 1.69. The van der Waals surface area contributed by atoms with Crippen LogP contribution in [0.1, 0.15) is 11.4 Å². The molecule has 0 aliphatic rings. The smallest absolute Gasteiger partial charge is 0.235 e. The van der Waals surface area contributed by atoms with E-state index in [0.29, 0.717) is 5.88 Å². The van der Waals surface area contributed by atoms with Crippen molar-refractivity contribution in [1.29, 1.82) is 0 Å². The van der Waals surface area contributed by atoms with Crippen LogP contribution >= 0.6 is 0 Å². The number of ether oxygens (including phenoxy) is 1. The van der Waals surface area contributed by atoms with E-state index < -0.39 is 0 Å². The van der Waals surface area contributed by atoms with E-state index in [0.717, 1.165) is 17.0 Å². The molecule has 0 aliphatic carbocycles. The Morgan fingerprint density at radius 3 is 2.77 bits per heavy atom. The molecule has 4 nitrogen and oxygen atoms in total. The molecular formula is C9H11N3O. The summed E-state index contributed by atoms with van der Waals surface area (Å²) in [6.45, 7) is 3.96. The van der Waals surface area contributed by atoms with Gasteiger partial charge in [0.1, 0.15) is 0 Å². The van der Waals surface area contributed by atoms with E-state index in [2.05, 4.69) is 10.1 Å². The zero-order valence-electron chi connectivity index (χ0n) is 7.90. The van der Waals surface area contributed by atoms with Gasteiger partial charge in [-0.05, 0) is 19.9 Å². The Labute approximate surface area is 76.2 Å². The van der Waals surface area contributed by atoms with Crippen LogP contribution in [0.25, 0.3) is 5.65 Å². The Bertz CT molecular complexity index is 447. The topological polar surface area (TPSA) is 39.4 Å². The van der Waals surface area contributed by atoms with Crippen molar-refractivity contribution in [3.05, 3.63) is 23.5 Å². The summed E-state index contributed by atoms with van der Waals surface area (Å²) in [6.07, 6.45) is 0. The van der Waals surface area contributed by atoms with Gasteiger partial charge in [0.2, 0.25) is 5.88 Å². The van der Waals surface area contributed by atoms with Gasteiger partial charge in [-0.3, -0.25) is 0 Å². The monoisotopic (exact) mass is 177 g/mol. The molecule has 2 rings (SSSR count). The molecule has 2 heterocycles. The molecule has 0 radical (unpaired) electrons. The van der Waals surface area contributed by atoms with E-state index in [-0.39, 0.29) is 0 Å². The summed E-state index contributed by atoms with van der Waals surface area (Å²) in [5.41, 5.74) is 2.88. The summed E-state index contributed by atoms with van der Waals surface area (Å²) in [5, 5.41) is 4.20. The average Bonchev–Trinajstić information content (AvgIpc) is 2.47. The van der Waals surface area contributed by atoms with Crippen LogP contribution in [0, 0.1) is 13.8 Å². The lowest BCUT2D eigenvalue weighted by molar-refractivity contribution is 0.395. The van der Waals surface area contributed by atoms with Gasteiger partial charge < -0.3 is 4.74 Å². The fourth-order valence-electron chi connectivity index (χ4n) is 1.37. The van der Waals surface area contributed by atoms with Gasteiger partial charge in [0.05, 0.1) is 7.11 Å². The van der Waals surface area contributed by atoms with Gasteiger partial charge in [0.25, 0.3) is 0 Å². The van der Waals surface area contributed by atoms with Crippen LogP contribution in [0.15, 0.2) is 12.1 Å². The number of rotatable bonds is 1. The van der Waals surface area contributed by atoms with E-state index in [1.54, 1.807) is 11.6 Å². The van der Waals surface area contributed by atoms with Crippen LogP contribution in [0.4, 0.5) is 0 Å². The molecule has 0 spiro atoms. The standard InChI is InChI=1S/C9H11N3O/c1-6-4-7(2)12-8(10-6)5-9(11-12)13-3/h4-5H,1-3H3. The van der Waals surface area contributed by atoms with Crippen molar-refractivity contribution in [1.82, 2.24) is 14.6 Å². The second-order valence-corrected chi connectivity index (χ2v) is 3.00. The SMILES string of the molecule is COc1cc2nc(C)cc(C)n2n1. The van der Waals surface area contributed by atoms with Gasteiger partial charge in [0.15, 0.2) is 5.65 Å². The van der Waals surface area contributed by atoms with Gasteiger partial charge >= 0.3 is 0 Å². The number of hydrogen-bond acceptors (Lipinski definition) is 3. The molecule has 0 aliphatic heterocycles. The maximum Gasteiger partial charge on any atom is 0.235 e. The minimum atomic E-state index is 0.598. The van der Waals surface area contributed by atoms with Gasteiger partial charge in [0, 0.05) is 17.5 Å². The zero-order chi connectivity index (χ0) is 9.42. The van der Waals surface area contributed by atoms with E-state index >= 15 is 0 Å². The Morgan fingerprint density at radius 2 is 2.08 bits per heavy atom. The summed E-state index contributed by atoms with van der Waals surface area (Å²) in [7, 11) is 1.60. The largest absolute Gasteiger partial charge is 0.480 e. The van der Waals surface area contributed by atoms with Gasteiger partial charge in [-0.2, -0.15) is 0 Å². The molecule has 0 atom stereocenters. The molecule has 13 heavy (non-hydrogen) atoms. The number of aromatic nitrogens is 3. The second-order valence-electron chi connectivity index (χ2n) is 3.00. The normalized spacial score (nSPS) is 10.7. The molecular weight excluding hydrogens is 166 g/mol. The second kappa shape index (κ2) is 2.73. The number of hydrogen-bond donors (Lipinski definition) is 0. The van der Waals surface area contributed by atoms with Crippen molar-refractivity contribution in [2.75, 3.05) is 7.11 Å². The third-order valence-corrected chi connectivity index (χ3v) is 1.92. The third kappa shape index (κ3) is 1.24. The molecule has 0 fully saturated rings. The first-order valence-electron chi connectivity index (χ1n) is 4.09. The molecule has 4 heteroatoms. The minimum Gasteiger partial charge on any atom is -0.480 e. The molecule has 0 bridgehead atoms. The van der Waals surface area contributed by atoms with E-state index in [4.69, 9.17) is 4.74 Å². The van der Waals surface area contributed by atoms with Crippen molar-refractivity contribution in [3.63, 3.8) is 0 Å². The highest BCUT2D eigenvalue weighted by Gasteiger charge is 2.04. The third-order valence-electron chi connectivity index (χ3n) is 1.92. The summed E-state index contributed by atoms with van der Waals surface area (Å²) < 4.78 is 6.79. The highest BCUT2D eigenvalue weighted by molar-refractivity contribution is 5.43. The Morgan fingerprint density at radius 1 is 1.31 bits per heavy atom. The van der Waals surface area contributed by atoms with Crippen LogP contribution in [0.3, 0.4) is 0 Å². The highest BCUT2D eigenvalue weighted by Crippen LogP contribution is 2.13. The molecule has 0 N–H and O–H groups in total. The minimum absolute atomic E-state index is 0.598. The van der Waals surface area contributed by atoms with Gasteiger partial charge in [-0.25, -0.2) is 9.50 Å². The number of aryl methyl sites for hydroxylation is 2. The Hall–Kier alpha value is -1.58. The van der Waals surface area contributed by atoms with Crippen molar-refractivity contribution in [3.8, 4) is 5.88 Å².